The zero-order chi connectivity index (χ0) is 40.8. The van der Waals surface area contributed by atoms with Crippen LogP contribution in [-0.2, 0) is 35.0 Å². The van der Waals surface area contributed by atoms with E-state index in [1.54, 1.807) is 7.11 Å². The summed E-state index contributed by atoms with van der Waals surface area (Å²) in [6, 6.07) is 12.3. The number of benzene rings is 2. The third-order valence-electron chi connectivity index (χ3n) is 14.4. The van der Waals surface area contributed by atoms with Crippen molar-refractivity contribution in [3.8, 4) is 16.9 Å². The number of methoxy groups -OCH3 is 3. The van der Waals surface area contributed by atoms with Crippen molar-refractivity contribution in [1.82, 2.24) is 0 Å². The molecule has 302 valence electrons. The smallest absolute Gasteiger partial charge is 0.131 e. The van der Waals surface area contributed by atoms with Gasteiger partial charge in [0.05, 0.1) is 32.0 Å². The van der Waals surface area contributed by atoms with Crippen molar-refractivity contribution in [2.75, 3.05) is 27.9 Å². The molecule has 2 aromatic rings. The molecule has 0 aliphatic heterocycles. The van der Waals surface area contributed by atoms with Gasteiger partial charge in [0.2, 0.25) is 0 Å². The number of fused-ring (bicyclic) bond motifs is 3. The van der Waals surface area contributed by atoms with Crippen molar-refractivity contribution < 1.29 is 23.7 Å². The fraction of sp³-hybridized carbons (Fsp3) is 0.702. The molecule has 1 aliphatic carbocycles. The SMILES string of the molecule is BC(C)(CC)c1ccc2c(c1)C(CCCC(C)(CC)O/C(C)=C(\C)OC)(CCC(C)(CC)OCCC(C)(CC)OC)c1cc(C(B)(C)CC)c(OC)cc1-2. The van der Waals surface area contributed by atoms with Gasteiger partial charge in [-0.05, 0) is 142 Å². The Morgan fingerprint density at radius 2 is 1.26 bits per heavy atom. The molecule has 3 rings (SSSR count). The van der Waals surface area contributed by atoms with Crippen LogP contribution >= 0.6 is 0 Å². The van der Waals surface area contributed by atoms with E-state index in [4.69, 9.17) is 23.7 Å². The number of allylic oxidation sites excluding steroid dienone is 2. The highest BCUT2D eigenvalue weighted by atomic mass is 16.5. The molecule has 7 heteroatoms. The van der Waals surface area contributed by atoms with Gasteiger partial charge >= 0.3 is 0 Å². The van der Waals surface area contributed by atoms with Crippen LogP contribution in [0.3, 0.4) is 0 Å². The first-order valence-corrected chi connectivity index (χ1v) is 21.2. The molecular formula is C47H78B2O5. The topological polar surface area (TPSA) is 46.2 Å². The second-order valence-electron chi connectivity index (χ2n) is 18.4. The maximum absolute atomic E-state index is 6.90. The van der Waals surface area contributed by atoms with Gasteiger partial charge in [-0.1, -0.05) is 85.6 Å². The third-order valence-corrected chi connectivity index (χ3v) is 14.4. The number of rotatable bonds is 23. The maximum Gasteiger partial charge on any atom is 0.131 e. The van der Waals surface area contributed by atoms with Crippen molar-refractivity contribution in [2.45, 2.75) is 187 Å². The molecule has 0 saturated heterocycles. The van der Waals surface area contributed by atoms with Crippen LogP contribution in [0, 0.1) is 0 Å². The van der Waals surface area contributed by atoms with Crippen molar-refractivity contribution in [3.63, 3.8) is 0 Å². The van der Waals surface area contributed by atoms with E-state index in [9.17, 15) is 0 Å². The molecule has 0 heterocycles. The Labute approximate surface area is 333 Å². The molecular weight excluding hydrogens is 666 g/mol. The van der Waals surface area contributed by atoms with Gasteiger partial charge < -0.3 is 23.7 Å². The molecule has 0 N–H and O–H groups in total. The summed E-state index contributed by atoms with van der Waals surface area (Å²) < 4.78 is 31.3. The van der Waals surface area contributed by atoms with Crippen LogP contribution in [-0.4, -0.2) is 60.4 Å². The molecule has 0 amide bonds. The van der Waals surface area contributed by atoms with Crippen LogP contribution in [0.4, 0.5) is 0 Å². The van der Waals surface area contributed by atoms with Gasteiger partial charge in [-0.15, -0.1) is 0 Å². The summed E-state index contributed by atoms with van der Waals surface area (Å²) in [6.07, 6.45) is 10.7. The predicted molar refractivity (Wildman–Crippen MR) is 235 cm³/mol. The first-order valence-electron chi connectivity index (χ1n) is 21.2. The first-order chi connectivity index (χ1) is 25.2. The van der Waals surface area contributed by atoms with E-state index in [0.29, 0.717) is 6.61 Å². The van der Waals surface area contributed by atoms with Crippen molar-refractivity contribution in [1.29, 1.82) is 0 Å². The van der Waals surface area contributed by atoms with Gasteiger partial charge in [0, 0.05) is 12.5 Å². The second-order valence-corrected chi connectivity index (χ2v) is 18.4. The van der Waals surface area contributed by atoms with Crippen LogP contribution in [0.1, 0.15) is 176 Å². The minimum Gasteiger partial charge on any atom is -0.498 e. The van der Waals surface area contributed by atoms with Gasteiger partial charge in [-0.2, -0.15) is 0 Å². The summed E-state index contributed by atoms with van der Waals surface area (Å²) in [5.41, 5.74) is 7.34. The summed E-state index contributed by atoms with van der Waals surface area (Å²) in [6.45, 7) is 27.6. The molecule has 0 saturated carbocycles. The van der Waals surface area contributed by atoms with E-state index in [0.717, 1.165) is 87.9 Å². The normalized spacial score (nSPS) is 21.3. The Hall–Kier alpha value is -2.37. The van der Waals surface area contributed by atoms with Crippen LogP contribution < -0.4 is 4.74 Å². The minimum atomic E-state index is -0.301. The van der Waals surface area contributed by atoms with E-state index in [1.165, 1.54) is 33.4 Å². The largest absolute Gasteiger partial charge is 0.498 e. The molecule has 0 radical (unpaired) electrons. The average Bonchev–Trinajstić information content (AvgIpc) is 3.43. The highest BCUT2D eigenvalue weighted by Gasteiger charge is 2.46. The summed E-state index contributed by atoms with van der Waals surface area (Å²) in [7, 11) is 10.1. The lowest BCUT2D eigenvalue weighted by atomic mass is 9.61. The highest BCUT2D eigenvalue weighted by Crippen LogP contribution is 2.57. The zero-order valence-corrected chi connectivity index (χ0v) is 37.9. The van der Waals surface area contributed by atoms with Gasteiger partial charge in [0.25, 0.3) is 0 Å². The van der Waals surface area contributed by atoms with Crippen molar-refractivity contribution in [3.05, 3.63) is 64.1 Å². The van der Waals surface area contributed by atoms with Crippen LogP contribution in [0.25, 0.3) is 11.1 Å². The molecule has 2 aromatic carbocycles. The summed E-state index contributed by atoms with van der Waals surface area (Å²) in [5, 5.41) is 0.0247. The summed E-state index contributed by atoms with van der Waals surface area (Å²) in [4.78, 5) is 0. The standard InChI is InChI=1S/C47H78B2O5/c1-16-42(8,52-15)28-29-53-43(9,17-2)26-27-47(25-21-24-44(10,18-3)54-34(7)33(6)50-13)38-30-35(45(11,48)19-4)22-23-36(38)37-31-41(51-14)40(32-39(37)47)46(12,49)20-5/h22-23,30-32H,16-21,24-29,48-49H2,1-15H3/b34-33+. The monoisotopic (exact) mass is 745 g/mol. The molecule has 0 bridgehead atoms. The number of ether oxygens (including phenoxy) is 5. The average molecular weight is 745 g/mol. The van der Waals surface area contributed by atoms with E-state index in [1.807, 2.05) is 28.1 Å². The van der Waals surface area contributed by atoms with Crippen molar-refractivity contribution >= 4 is 15.7 Å². The lowest BCUT2D eigenvalue weighted by Gasteiger charge is -2.40. The Balaban J connectivity index is 2.28. The molecule has 6 atom stereocenters. The molecule has 6 unspecified atom stereocenters. The lowest BCUT2D eigenvalue weighted by Crippen LogP contribution is -2.36. The first kappa shape index (κ1) is 46.0. The Kier molecular flexibility index (Phi) is 15.6. The fourth-order valence-electron chi connectivity index (χ4n) is 8.11. The lowest BCUT2D eigenvalue weighted by molar-refractivity contribution is -0.0800. The molecule has 0 spiro atoms. The van der Waals surface area contributed by atoms with Crippen molar-refractivity contribution in [2.24, 2.45) is 0 Å². The van der Waals surface area contributed by atoms with Gasteiger partial charge in [0.1, 0.15) is 38.6 Å². The summed E-state index contributed by atoms with van der Waals surface area (Å²) >= 11 is 0. The predicted octanol–water partition coefficient (Wildman–Crippen LogP) is 10.9. The highest BCUT2D eigenvalue weighted by molar-refractivity contribution is 6.16. The van der Waals surface area contributed by atoms with E-state index >= 15 is 0 Å². The van der Waals surface area contributed by atoms with E-state index in [2.05, 4.69) is 115 Å². The molecule has 0 aromatic heterocycles. The summed E-state index contributed by atoms with van der Waals surface area (Å²) in [5.74, 6) is 2.68. The minimum absolute atomic E-state index is 0.0394. The van der Waals surface area contributed by atoms with Gasteiger partial charge in [0.15, 0.2) is 0 Å². The molecule has 54 heavy (non-hydrogen) atoms. The van der Waals surface area contributed by atoms with Gasteiger partial charge in [-0.3, -0.25) is 0 Å². The molecule has 1 aliphatic rings. The Bertz CT molecular complexity index is 1580. The van der Waals surface area contributed by atoms with Crippen LogP contribution in [0.2, 0.25) is 0 Å². The van der Waals surface area contributed by atoms with E-state index in [-0.39, 0.29) is 32.8 Å². The quantitative estimate of drug-likeness (QED) is 0.0838. The third kappa shape index (κ3) is 9.95. The molecule has 5 nitrogen and oxygen atoms in total. The number of hydrogen-bond acceptors (Lipinski definition) is 5. The van der Waals surface area contributed by atoms with E-state index < -0.39 is 0 Å². The molecule has 0 fully saturated rings. The fourth-order valence-corrected chi connectivity index (χ4v) is 8.11. The Morgan fingerprint density at radius 3 is 1.80 bits per heavy atom. The number of hydrogen-bond donors (Lipinski definition) is 0. The van der Waals surface area contributed by atoms with Crippen LogP contribution in [0.5, 0.6) is 5.75 Å². The van der Waals surface area contributed by atoms with Crippen LogP contribution in [0.15, 0.2) is 41.9 Å². The maximum atomic E-state index is 6.90. The zero-order valence-electron chi connectivity index (χ0n) is 37.9. The Morgan fingerprint density at radius 1 is 0.648 bits per heavy atom. The second kappa shape index (κ2) is 18.3. The van der Waals surface area contributed by atoms with Gasteiger partial charge in [-0.25, -0.2) is 0 Å².